The number of hydrogen-bond donors (Lipinski definition) is 2. The van der Waals surface area contributed by atoms with Gasteiger partial charge in [-0.2, -0.15) is 4.98 Å². The summed E-state index contributed by atoms with van der Waals surface area (Å²) in [5.74, 6) is -2.29. The fourth-order valence-corrected chi connectivity index (χ4v) is 6.32. The summed E-state index contributed by atoms with van der Waals surface area (Å²) in [5.41, 5.74) is 1.13. The standard InChI is InChI=1S/C34H36N4O5/c1-38-17-11-3-2-10-16-24-21-34(24,33(41)42)37-31(39)26-18-25(19-27(26)32(38)40)43-29-20-28(22-12-6-4-7-13-22)35-30(36-29)23-14-8-5-9-15-23/h4-10,12-16,20,24-27H,2-3,11,17-19,21H2,1H3,(H,37,39)(H,41,42)/t24-,25-,26-,27-,34-/m1/s1. The maximum Gasteiger partial charge on any atom is 0.330 e. The maximum atomic E-state index is 13.7. The molecule has 43 heavy (non-hydrogen) atoms. The Morgan fingerprint density at radius 3 is 2.40 bits per heavy atom. The molecule has 9 heteroatoms. The summed E-state index contributed by atoms with van der Waals surface area (Å²) < 4.78 is 6.44. The number of nitrogens with zero attached hydrogens (tertiary/aromatic N) is 3. The van der Waals surface area contributed by atoms with Crippen LogP contribution in [0, 0.1) is 17.8 Å². The number of carboxylic acids is 1. The van der Waals surface area contributed by atoms with Crippen molar-refractivity contribution in [2.45, 2.75) is 50.2 Å². The van der Waals surface area contributed by atoms with E-state index in [2.05, 4.69) is 5.32 Å². The number of hydrogen-bond acceptors (Lipinski definition) is 6. The van der Waals surface area contributed by atoms with Crippen LogP contribution in [0.15, 0.2) is 78.9 Å². The van der Waals surface area contributed by atoms with Crippen LogP contribution in [0.4, 0.5) is 0 Å². The second kappa shape index (κ2) is 12.0. The van der Waals surface area contributed by atoms with Crippen LogP contribution in [-0.2, 0) is 14.4 Å². The van der Waals surface area contributed by atoms with Gasteiger partial charge < -0.3 is 20.1 Å². The van der Waals surface area contributed by atoms with Gasteiger partial charge in [0.15, 0.2) is 5.82 Å². The van der Waals surface area contributed by atoms with E-state index in [-0.39, 0.29) is 18.2 Å². The molecule has 0 unspecified atom stereocenters. The lowest BCUT2D eigenvalue weighted by Crippen LogP contribution is -2.49. The highest BCUT2D eigenvalue weighted by atomic mass is 16.5. The molecule has 1 aromatic heterocycles. The van der Waals surface area contributed by atoms with Gasteiger partial charge in [0.2, 0.25) is 17.7 Å². The van der Waals surface area contributed by atoms with Gasteiger partial charge in [0.25, 0.3) is 0 Å². The number of allylic oxidation sites excluding steroid dienone is 1. The smallest absolute Gasteiger partial charge is 0.330 e. The number of aliphatic carboxylic acids is 1. The Morgan fingerprint density at radius 1 is 0.977 bits per heavy atom. The molecule has 3 aromatic rings. The minimum absolute atomic E-state index is 0.117. The number of carbonyl (C=O) groups excluding carboxylic acids is 2. The quantitative estimate of drug-likeness (QED) is 0.418. The number of fused-ring (bicyclic) bond motifs is 2. The van der Waals surface area contributed by atoms with E-state index < -0.39 is 35.4 Å². The number of rotatable bonds is 5. The highest BCUT2D eigenvalue weighted by Gasteiger charge is 2.61. The molecule has 222 valence electrons. The van der Waals surface area contributed by atoms with Crippen LogP contribution in [0.3, 0.4) is 0 Å². The summed E-state index contributed by atoms with van der Waals surface area (Å²) in [4.78, 5) is 50.8. The Balaban J connectivity index is 1.29. The lowest BCUT2D eigenvalue weighted by atomic mass is 9.93. The second-order valence-corrected chi connectivity index (χ2v) is 11.8. The van der Waals surface area contributed by atoms with E-state index in [9.17, 15) is 19.5 Å². The third-order valence-electron chi connectivity index (χ3n) is 8.87. The Labute approximate surface area is 251 Å². The van der Waals surface area contributed by atoms with Gasteiger partial charge in [-0.3, -0.25) is 9.59 Å². The first-order valence-corrected chi connectivity index (χ1v) is 15.0. The molecule has 0 saturated heterocycles. The average Bonchev–Trinajstić information content (AvgIpc) is 3.56. The summed E-state index contributed by atoms with van der Waals surface area (Å²) in [6.45, 7) is 0.596. The van der Waals surface area contributed by atoms with Crippen molar-refractivity contribution in [1.29, 1.82) is 0 Å². The number of benzene rings is 2. The fourth-order valence-electron chi connectivity index (χ4n) is 6.32. The van der Waals surface area contributed by atoms with Gasteiger partial charge in [-0.1, -0.05) is 72.8 Å². The van der Waals surface area contributed by atoms with E-state index in [1.165, 1.54) is 0 Å². The van der Waals surface area contributed by atoms with Gasteiger partial charge in [-0.25, -0.2) is 9.78 Å². The van der Waals surface area contributed by atoms with Crippen molar-refractivity contribution in [2.24, 2.45) is 17.8 Å². The third-order valence-corrected chi connectivity index (χ3v) is 8.87. The van der Waals surface area contributed by atoms with Crippen molar-refractivity contribution in [3.05, 3.63) is 78.9 Å². The summed E-state index contributed by atoms with van der Waals surface area (Å²) in [6.07, 6.45) is 6.92. The van der Waals surface area contributed by atoms with E-state index in [4.69, 9.17) is 14.7 Å². The molecule has 2 N–H and O–H groups in total. The molecule has 1 aliphatic heterocycles. The van der Waals surface area contributed by atoms with E-state index >= 15 is 0 Å². The summed E-state index contributed by atoms with van der Waals surface area (Å²) >= 11 is 0. The molecular formula is C34H36N4O5. The van der Waals surface area contributed by atoms with Gasteiger partial charge in [-0.05, 0) is 38.5 Å². The number of amides is 2. The highest BCUT2D eigenvalue weighted by molar-refractivity contribution is 5.94. The van der Waals surface area contributed by atoms with Crippen LogP contribution in [0.1, 0.15) is 38.5 Å². The van der Waals surface area contributed by atoms with Gasteiger partial charge in [0.05, 0.1) is 17.5 Å². The van der Waals surface area contributed by atoms with Crippen molar-refractivity contribution in [1.82, 2.24) is 20.2 Å². The largest absolute Gasteiger partial charge is 0.479 e. The van der Waals surface area contributed by atoms with Crippen molar-refractivity contribution in [2.75, 3.05) is 13.6 Å². The Bertz CT molecular complexity index is 1470. The Kier molecular flexibility index (Phi) is 7.97. The van der Waals surface area contributed by atoms with Gasteiger partial charge in [0.1, 0.15) is 11.6 Å². The molecule has 2 heterocycles. The van der Waals surface area contributed by atoms with E-state index in [0.29, 0.717) is 36.8 Å². The number of carbonyl (C=O) groups is 3. The molecule has 2 amide bonds. The van der Waals surface area contributed by atoms with Crippen LogP contribution in [-0.4, -0.2) is 63.0 Å². The second-order valence-electron chi connectivity index (χ2n) is 11.8. The van der Waals surface area contributed by atoms with Gasteiger partial charge in [-0.15, -0.1) is 0 Å². The number of aromatic nitrogens is 2. The molecule has 2 aliphatic carbocycles. The molecule has 5 atom stereocenters. The first-order chi connectivity index (χ1) is 20.8. The molecule has 2 fully saturated rings. The van der Waals surface area contributed by atoms with Crippen LogP contribution in [0.25, 0.3) is 22.6 Å². The SMILES string of the molecule is CN1CCCCC=C[C@@H]2C[C@@]2(C(=O)O)NC(=O)[C@@H]2C[C@@H](Oc3cc(-c4ccccc4)nc(-c4ccccc4)n3)C[C@H]2C1=O. The van der Waals surface area contributed by atoms with Crippen molar-refractivity contribution in [3.63, 3.8) is 0 Å². The van der Waals surface area contributed by atoms with Crippen LogP contribution < -0.4 is 10.1 Å². The molecule has 0 radical (unpaired) electrons. The predicted octanol–water partition coefficient (Wildman–Crippen LogP) is 4.74. The number of nitrogens with one attached hydrogen (secondary N) is 1. The minimum atomic E-state index is -1.32. The lowest BCUT2D eigenvalue weighted by molar-refractivity contribution is -0.145. The normalized spacial score (nSPS) is 27.4. The molecule has 0 spiro atoms. The molecule has 9 nitrogen and oxygen atoms in total. The third kappa shape index (κ3) is 6.02. The molecular weight excluding hydrogens is 544 g/mol. The molecule has 2 saturated carbocycles. The number of ether oxygens (including phenoxy) is 1. The summed E-state index contributed by atoms with van der Waals surface area (Å²) in [5, 5.41) is 12.9. The van der Waals surface area contributed by atoms with Crippen molar-refractivity contribution in [3.8, 4) is 28.5 Å². The van der Waals surface area contributed by atoms with Crippen molar-refractivity contribution < 1.29 is 24.2 Å². The first kappa shape index (κ1) is 28.6. The topological polar surface area (TPSA) is 122 Å². The molecule has 0 bridgehead atoms. The zero-order valence-electron chi connectivity index (χ0n) is 24.2. The highest BCUT2D eigenvalue weighted by Crippen LogP contribution is 2.46. The Morgan fingerprint density at radius 2 is 1.67 bits per heavy atom. The fraction of sp³-hybridized carbons (Fsp3) is 0.382. The van der Waals surface area contributed by atoms with E-state index in [1.54, 1.807) is 18.0 Å². The lowest BCUT2D eigenvalue weighted by Gasteiger charge is -2.26. The zero-order valence-corrected chi connectivity index (χ0v) is 24.2. The van der Waals surface area contributed by atoms with Crippen LogP contribution in [0.5, 0.6) is 5.88 Å². The molecule has 2 aromatic carbocycles. The van der Waals surface area contributed by atoms with Gasteiger partial charge in [0, 0.05) is 36.7 Å². The molecule has 3 aliphatic rings. The monoisotopic (exact) mass is 580 g/mol. The maximum absolute atomic E-state index is 13.7. The Hall–Kier alpha value is -4.53. The van der Waals surface area contributed by atoms with E-state index in [0.717, 1.165) is 30.4 Å². The zero-order chi connectivity index (χ0) is 30.0. The van der Waals surface area contributed by atoms with Crippen LogP contribution >= 0.6 is 0 Å². The summed E-state index contributed by atoms with van der Waals surface area (Å²) in [7, 11) is 1.77. The predicted molar refractivity (Wildman–Crippen MR) is 161 cm³/mol. The minimum Gasteiger partial charge on any atom is -0.479 e. The number of carboxylic acid groups (broad SMARTS) is 1. The first-order valence-electron chi connectivity index (χ1n) is 15.0. The summed E-state index contributed by atoms with van der Waals surface area (Å²) in [6, 6.07) is 21.2. The molecule has 6 rings (SSSR count). The average molecular weight is 581 g/mol. The van der Waals surface area contributed by atoms with Gasteiger partial charge >= 0.3 is 5.97 Å². The van der Waals surface area contributed by atoms with Crippen LogP contribution in [0.2, 0.25) is 0 Å². The van der Waals surface area contributed by atoms with E-state index in [1.807, 2.05) is 72.8 Å². The van der Waals surface area contributed by atoms with Crippen molar-refractivity contribution >= 4 is 17.8 Å².